The summed E-state index contributed by atoms with van der Waals surface area (Å²) in [5.74, 6) is -1.11. The molecule has 2 rings (SSSR count). The van der Waals surface area contributed by atoms with Gasteiger partial charge in [0.15, 0.2) is 0 Å². The fraction of sp³-hybridized carbons (Fsp3) is 0.154. The highest BCUT2D eigenvalue weighted by Crippen LogP contribution is 2.32. The lowest BCUT2D eigenvalue weighted by atomic mass is 10.2. The van der Waals surface area contributed by atoms with Crippen LogP contribution >= 0.6 is 11.6 Å². The summed E-state index contributed by atoms with van der Waals surface area (Å²) in [4.78, 5) is 3.38. The predicted octanol–water partition coefficient (Wildman–Crippen LogP) is 4.14. The van der Waals surface area contributed by atoms with Crippen molar-refractivity contribution in [3.05, 3.63) is 52.4 Å². The maximum absolute atomic E-state index is 13.3. The van der Waals surface area contributed by atoms with Crippen LogP contribution in [0.4, 0.5) is 17.6 Å². The van der Waals surface area contributed by atoms with E-state index >= 15 is 0 Å². The van der Waals surface area contributed by atoms with Gasteiger partial charge in [-0.3, -0.25) is 0 Å². The lowest BCUT2D eigenvalue weighted by Crippen LogP contribution is -2.10. The number of aromatic nitrogens is 1. The van der Waals surface area contributed by atoms with Crippen molar-refractivity contribution in [3.8, 4) is 11.6 Å². The van der Waals surface area contributed by atoms with Crippen molar-refractivity contribution in [1.82, 2.24) is 4.98 Å². The van der Waals surface area contributed by atoms with E-state index in [0.29, 0.717) is 0 Å². The fourth-order valence-electron chi connectivity index (χ4n) is 1.52. The highest BCUT2D eigenvalue weighted by Gasteiger charge is 2.33. The fourth-order valence-corrected chi connectivity index (χ4v) is 1.64. The van der Waals surface area contributed by atoms with Crippen molar-refractivity contribution in [2.45, 2.75) is 12.7 Å². The molecule has 0 unspecified atom stereocenters. The first-order chi connectivity index (χ1) is 9.81. The van der Waals surface area contributed by atoms with Gasteiger partial charge in [0.1, 0.15) is 17.3 Å². The van der Waals surface area contributed by atoms with Crippen LogP contribution in [0, 0.1) is 5.82 Å². The quantitative estimate of drug-likeness (QED) is 0.864. The zero-order valence-corrected chi connectivity index (χ0v) is 11.2. The molecule has 0 amide bonds. The second kappa shape index (κ2) is 5.87. The number of pyridine rings is 1. The Bertz CT molecular complexity index is 661. The minimum absolute atomic E-state index is 0.0292. The van der Waals surface area contributed by atoms with Crippen LogP contribution in [0.25, 0.3) is 0 Å². The van der Waals surface area contributed by atoms with E-state index in [-0.39, 0.29) is 28.8 Å². The number of hydrogen-bond acceptors (Lipinski definition) is 3. The zero-order chi connectivity index (χ0) is 15.6. The second-order valence-corrected chi connectivity index (χ2v) is 4.45. The Labute approximate surface area is 122 Å². The van der Waals surface area contributed by atoms with Crippen LogP contribution in [0.3, 0.4) is 0 Å². The number of hydrogen-bond donors (Lipinski definition) is 1. The Morgan fingerprint density at radius 1 is 1.19 bits per heavy atom. The standard InChI is InChI=1S/C13H9ClF4N2O/c14-9-3-2-8(5-10(9)15)21-12-7(6-19)1-4-11(20-12)13(16,17)18/h1-5H,6,19H2. The second-order valence-electron chi connectivity index (χ2n) is 4.04. The maximum atomic E-state index is 13.3. The third kappa shape index (κ3) is 3.62. The van der Waals surface area contributed by atoms with Gasteiger partial charge in [-0.2, -0.15) is 13.2 Å². The average Bonchev–Trinajstić information content (AvgIpc) is 2.42. The van der Waals surface area contributed by atoms with E-state index in [1.165, 1.54) is 12.1 Å². The molecule has 0 saturated heterocycles. The molecule has 2 N–H and O–H groups in total. The number of nitrogens with zero attached hydrogens (tertiary/aromatic N) is 1. The van der Waals surface area contributed by atoms with Crippen LogP contribution in [-0.2, 0) is 12.7 Å². The zero-order valence-electron chi connectivity index (χ0n) is 10.4. The van der Waals surface area contributed by atoms with E-state index in [9.17, 15) is 17.6 Å². The lowest BCUT2D eigenvalue weighted by molar-refractivity contribution is -0.141. The van der Waals surface area contributed by atoms with E-state index in [2.05, 4.69) is 4.98 Å². The van der Waals surface area contributed by atoms with Crippen LogP contribution in [0.1, 0.15) is 11.3 Å². The molecule has 112 valence electrons. The van der Waals surface area contributed by atoms with Crippen molar-refractivity contribution in [2.75, 3.05) is 0 Å². The Hall–Kier alpha value is -1.86. The molecule has 0 saturated carbocycles. The average molecular weight is 321 g/mol. The van der Waals surface area contributed by atoms with E-state index in [4.69, 9.17) is 22.1 Å². The van der Waals surface area contributed by atoms with Gasteiger partial charge in [-0.25, -0.2) is 9.37 Å². The van der Waals surface area contributed by atoms with Crippen molar-refractivity contribution >= 4 is 11.6 Å². The molecule has 2 aromatic rings. The van der Waals surface area contributed by atoms with Crippen molar-refractivity contribution < 1.29 is 22.3 Å². The summed E-state index contributed by atoms with van der Waals surface area (Å²) >= 11 is 5.51. The monoisotopic (exact) mass is 320 g/mol. The van der Waals surface area contributed by atoms with Crippen molar-refractivity contribution in [1.29, 1.82) is 0 Å². The molecule has 8 heteroatoms. The summed E-state index contributed by atoms with van der Waals surface area (Å²) in [5.41, 5.74) is 4.56. The largest absolute Gasteiger partial charge is 0.439 e. The Balaban J connectivity index is 2.39. The van der Waals surface area contributed by atoms with Crippen LogP contribution in [0.5, 0.6) is 11.6 Å². The third-order valence-corrected chi connectivity index (χ3v) is 2.86. The molecular formula is C13H9ClF4N2O. The van der Waals surface area contributed by atoms with Gasteiger partial charge in [-0.1, -0.05) is 17.7 Å². The van der Waals surface area contributed by atoms with E-state index in [0.717, 1.165) is 18.2 Å². The van der Waals surface area contributed by atoms with E-state index in [1.807, 2.05) is 0 Å². The predicted molar refractivity (Wildman–Crippen MR) is 68.6 cm³/mol. The number of alkyl halides is 3. The Morgan fingerprint density at radius 2 is 1.90 bits per heavy atom. The van der Waals surface area contributed by atoms with Gasteiger partial charge in [0.2, 0.25) is 5.88 Å². The van der Waals surface area contributed by atoms with Gasteiger partial charge in [0.05, 0.1) is 5.02 Å². The molecule has 1 aromatic carbocycles. The molecule has 21 heavy (non-hydrogen) atoms. The third-order valence-electron chi connectivity index (χ3n) is 2.56. The van der Waals surface area contributed by atoms with Crippen molar-refractivity contribution in [3.63, 3.8) is 0 Å². The normalized spacial score (nSPS) is 11.5. The highest BCUT2D eigenvalue weighted by atomic mass is 35.5. The number of rotatable bonds is 3. The van der Waals surface area contributed by atoms with Crippen LogP contribution in [-0.4, -0.2) is 4.98 Å². The summed E-state index contributed by atoms with van der Waals surface area (Å²) in [7, 11) is 0. The molecule has 0 spiro atoms. The summed E-state index contributed by atoms with van der Waals surface area (Å²) in [6, 6.07) is 5.45. The molecule has 1 heterocycles. The molecule has 0 aliphatic rings. The molecule has 0 bridgehead atoms. The summed E-state index contributed by atoms with van der Waals surface area (Å²) in [6.07, 6.45) is -4.61. The number of ether oxygens (including phenoxy) is 1. The first kappa shape index (κ1) is 15.5. The first-order valence-corrected chi connectivity index (χ1v) is 6.09. The maximum Gasteiger partial charge on any atom is 0.433 e. The molecule has 1 aromatic heterocycles. The number of benzene rings is 1. The molecule has 0 aliphatic carbocycles. The van der Waals surface area contributed by atoms with Crippen molar-refractivity contribution in [2.24, 2.45) is 5.73 Å². The first-order valence-electron chi connectivity index (χ1n) is 5.71. The van der Waals surface area contributed by atoms with Gasteiger partial charge in [0, 0.05) is 18.2 Å². The molecule has 0 aliphatic heterocycles. The Kier molecular flexibility index (Phi) is 4.34. The van der Waals surface area contributed by atoms with Crippen LogP contribution in [0.15, 0.2) is 30.3 Å². The molecular weight excluding hydrogens is 312 g/mol. The van der Waals surface area contributed by atoms with Gasteiger partial charge in [-0.05, 0) is 18.2 Å². The molecule has 0 fully saturated rings. The van der Waals surface area contributed by atoms with Crippen LogP contribution < -0.4 is 10.5 Å². The van der Waals surface area contributed by atoms with E-state index in [1.54, 1.807) is 0 Å². The number of halogens is 5. The van der Waals surface area contributed by atoms with Gasteiger partial charge < -0.3 is 10.5 Å². The van der Waals surface area contributed by atoms with Gasteiger partial charge >= 0.3 is 6.18 Å². The smallest absolute Gasteiger partial charge is 0.433 e. The van der Waals surface area contributed by atoms with Gasteiger partial charge in [0.25, 0.3) is 0 Å². The minimum Gasteiger partial charge on any atom is -0.439 e. The summed E-state index contributed by atoms with van der Waals surface area (Å²) in [6.45, 7) is -0.0729. The molecule has 0 atom stereocenters. The minimum atomic E-state index is -4.61. The molecule has 0 radical (unpaired) electrons. The highest BCUT2D eigenvalue weighted by molar-refractivity contribution is 6.30. The topological polar surface area (TPSA) is 48.1 Å². The Morgan fingerprint density at radius 3 is 2.48 bits per heavy atom. The summed E-state index contributed by atoms with van der Waals surface area (Å²) in [5, 5.41) is -0.126. The summed E-state index contributed by atoms with van der Waals surface area (Å²) < 4.78 is 56.4. The SMILES string of the molecule is NCc1ccc(C(F)(F)F)nc1Oc1ccc(Cl)c(F)c1. The van der Waals surface area contributed by atoms with Crippen LogP contribution in [0.2, 0.25) is 5.02 Å². The lowest BCUT2D eigenvalue weighted by Gasteiger charge is -2.12. The van der Waals surface area contributed by atoms with Gasteiger partial charge in [-0.15, -0.1) is 0 Å². The number of nitrogens with two attached hydrogens (primary N) is 1. The molecule has 3 nitrogen and oxygen atoms in total. The van der Waals surface area contributed by atoms with E-state index < -0.39 is 17.7 Å².